The van der Waals surface area contributed by atoms with Crippen LogP contribution in [0.15, 0.2) is 24.3 Å². The van der Waals surface area contributed by atoms with Crippen LogP contribution >= 0.6 is 38.4 Å². The zero-order chi connectivity index (χ0) is 28.5. The van der Waals surface area contributed by atoms with Gasteiger partial charge >= 0.3 is 15.2 Å². The van der Waals surface area contributed by atoms with Crippen molar-refractivity contribution in [3.05, 3.63) is 40.1 Å². The molecule has 2 aromatic heterocycles. The highest BCUT2D eigenvalue weighted by molar-refractivity contribution is 7.70. The van der Waals surface area contributed by atoms with Crippen molar-refractivity contribution in [1.82, 2.24) is 30.3 Å². The molecular formula is C20H25Cl2N7O8P2. The molecule has 1 unspecified atom stereocenters. The summed E-state index contributed by atoms with van der Waals surface area (Å²) in [6.45, 7) is 1.04. The lowest BCUT2D eigenvalue weighted by atomic mass is 10.0. The molecule has 15 nitrogen and oxygen atoms in total. The Labute approximate surface area is 231 Å². The number of hydrogen-bond acceptors (Lipinski definition) is 10. The van der Waals surface area contributed by atoms with Crippen LogP contribution in [0.25, 0.3) is 11.2 Å². The third-order valence-electron chi connectivity index (χ3n) is 6.05. The molecule has 4 rings (SSSR count). The SMILES string of the molecule is CC(=O)N[C@@H]1[C@@H](COP(=O)(O)CP(=O)(O)O)C[C@@H](n2nnc3c(NCc4ccccc4Cl)nc(Cl)nc32)[C@@H]1O. The van der Waals surface area contributed by atoms with Gasteiger partial charge in [0.25, 0.3) is 0 Å². The summed E-state index contributed by atoms with van der Waals surface area (Å²) in [6, 6.07) is 5.42. The van der Waals surface area contributed by atoms with Crippen molar-refractivity contribution in [2.75, 3.05) is 17.8 Å². The summed E-state index contributed by atoms with van der Waals surface area (Å²) >= 11 is 12.4. The molecule has 1 saturated carbocycles. The Balaban J connectivity index is 1.59. The lowest BCUT2D eigenvalue weighted by Crippen LogP contribution is -2.45. The van der Waals surface area contributed by atoms with Gasteiger partial charge in [0.05, 0.1) is 24.8 Å². The molecule has 212 valence electrons. The number of nitrogens with zero attached hydrogens (tertiary/aromatic N) is 5. The molecule has 0 spiro atoms. The lowest BCUT2D eigenvalue weighted by molar-refractivity contribution is -0.120. The van der Waals surface area contributed by atoms with E-state index in [1.165, 1.54) is 11.6 Å². The average Bonchev–Trinajstić information content (AvgIpc) is 3.36. The van der Waals surface area contributed by atoms with E-state index in [1.807, 2.05) is 12.1 Å². The highest BCUT2D eigenvalue weighted by atomic mass is 35.5. The summed E-state index contributed by atoms with van der Waals surface area (Å²) < 4.78 is 29.6. The standard InChI is InChI=1S/C20H25Cl2N7O8P2/c1-10(30)24-15-12(8-37-39(35,36)9-38(32,33)34)6-14(17(15)31)29-19-16(27-28-29)18(25-20(22)26-19)23-7-11-4-2-3-5-13(11)21/h2-5,12,14-15,17,31H,6-9H2,1H3,(H,24,30)(H,35,36)(H,23,25,26)(H2,32,33,34)/t12-,14-,15-,17+/m1/s1. The smallest absolute Gasteiger partial charge is 0.340 e. The van der Waals surface area contributed by atoms with Crippen molar-refractivity contribution in [1.29, 1.82) is 0 Å². The van der Waals surface area contributed by atoms with E-state index in [1.54, 1.807) is 12.1 Å². The van der Waals surface area contributed by atoms with Crippen molar-refractivity contribution < 1.29 is 38.2 Å². The number of fused-ring (bicyclic) bond motifs is 1. The van der Waals surface area contributed by atoms with Gasteiger partial charge in [-0.3, -0.25) is 13.9 Å². The van der Waals surface area contributed by atoms with Crippen molar-refractivity contribution in [3.63, 3.8) is 0 Å². The maximum atomic E-state index is 12.2. The van der Waals surface area contributed by atoms with Crippen molar-refractivity contribution in [2.24, 2.45) is 5.92 Å². The molecule has 1 aliphatic carbocycles. The number of nitrogens with one attached hydrogen (secondary N) is 2. The van der Waals surface area contributed by atoms with Crippen LogP contribution in [0.5, 0.6) is 0 Å². The van der Waals surface area contributed by atoms with Gasteiger partial charge in [-0.05, 0) is 29.7 Å². The third-order valence-corrected chi connectivity index (χ3v) is 10.0. The quantitative estimate of drug-likeness (QED) is 0.140. The summed E-state index contributed by atoms with van der Waals surface area (Å²) in [7, 11) is -9.50. The zero-order valence-corrected chi connectivity index (χ0v) is 23.6. The number of hydrogen-bond donors (Lipinski definition) is 6. The number of aromatic nitrogens is 5. The maximum Gasteiger partial charge on any atom is 0.340 e. The van der Waals surface area contributed by atoms with Gasteiger partial charge in [-0.1, -0.05) is 35.0 Å². The van der Waals surface area contributed by atoms with Gasteiger partial charge < -0.3 is 34.9 Å². The van der Waals surface area contributed by atoms with Gasteiger partial charge in [-0.2, -0.15) is 9.97 Å². The number of carbonyl (C=O) groups is 1. The predicted octanol–water partition coefficient (Wildman–Crippen LogP) is 1.90. The van der Waals surface area contributed by atoms with E-state index in [0.717, 1.165) is 5.56 Å². The normalized spacial score (nSPS) is 23.1. The van der Waals surface area contributed by atoms with Gasteiger partial charge in [0.1, 0.15) is 0 Å². The van der Waals surface area contributed by atoms with Gasteiger partial charge in [-0.15, -0.1) is 5.10 Å². The van der Waals surface area contributed by atoms with Gasteiger partial charge in [0.2, 0.25) is 11.2 Å². The molecule has 0 bridgehead atoms. The first-order valence-electron chi connectivity index (χ1n) is 11.5. The van der Waals surface area contributed by atoms with E-state index in [9.17, 15) is 23.9 Å². The van der Waals surface area contributed by atoms with Crippen LogP contribution < -0.4 is 10.6 Å². The lowest BCUT2D eigenvalue weighted by Gasteiger charge is -2.24. The van der Waals surface area contributed by atoms with E-state index < -0.39 is 57.7 Å². The molecule has 0 radical (unpaired) electrons. The van der Waals surface area contributed by atoms with E-state index in [-0.39, 0.29) is 28.7 Å². The molecule has 2 heterocycles. The van der Waals surface area contributed by atoms with Gasteiger partial charge in [-0.25, -0.2) is 4.68 Å². The minimum Gasteiger partial charge on any atom is -0.389 e. The highest BCUT2D eigenvalue weighted by Gasteiger charge is 2.46. The number of carbonyl (C=O) groups excluding carboxylic acids is 1. The first-order valence-corrected chi connectivity index (χ1v) is 15.8. The van der Waals surface area contributed by atoms with Crippen LogP contribution in [0, 0.1) is 5.92 Å². The fourth-order valence-corrected chi connectivity index (χ4v) is 7.41. The number of rotatable bonds is 10. The highest BCUT2D eigenvalue weighted by Crippen LogP contribution is 2.56. The van der Waals surface area contributed by atoms with Gasteiger partial charge in [0, 0.05) is 24.4 Å². The summed E-state index contributed by atoms with van der Waals surface area (Å²) in [5.74, 6) is -2.32. The second-order valence-electron chi connectivity index (χ2n) is 9.01. The van der Waals surface area contributed by atoms with Crippen molar-refractivity contribution in [3.8, 4) is 0 Å². The van der Waals surface area contributed by atoms with Crippen molar-refractivity contribution >= 4 is 61.3 Å². The van der Waals surface area contributed by atoms with Crippen LogP contribution in [-0.4, -0.2) is 75.3 Å². The monoisotopic (exact) mass is 623 g/mol. The molecule has 3 aromatic rings. The number of benzene rings is 1. The fraction of sp³-hybridized carbons (Fsp3) is 0.450. The fourth-order valence-electron chi connectivity index (χ4n) is 4.43. The molecule has 6 N–H and O–H groups in total. The molecule has 1 fully saturated rings. The number of amides is 1. The van der Waals surface area contributed by atoms with Crippen LogP contribution in [-0.2, 0) is 25.0 Å². The molecule has 19 heteroatoms. The first kappa shape index (κ1) is 29.8. The summed E-state index contributed by atoms with van der Waals surface area (Å²) in [5.41, 5.74) is 1.22. The van der Waals surface area contributed by atoms with Crippen LogP contribution in [0.2, 0.25) is 10.3 Å². The Morgan fingerprint density at radius 2 is 1.92 bits per heavy atom. The first-order chi connectivity index (χ1) is 18.2. The largest absolute Gasteiger partial charge is 0.389 e. The summed E-state index contributed by atoms with van der Waals surface area (Å²) in [4.78, 5) is 48.2. The Morgan fingerprint density at radius 3 is 2.59 bits per heavy atom. The molecule has 39 heavy (non-hydrogen) atoms. The molecule has 5 atom stereocenters. The number of aliphatic hydroxyl groups is 1. The minimum absolute atomic E-state index is 0.0739. The molecule has 1 amide bonds. The second kappa shape index (κ2) is 11.7. The Bertz CT molecular complexity index is 1470. The predicted molar refractivity (Wildman–Crippen MR) is 140 cm³/mol. The molecule has 0 saturated heterocycles. The van der Waals surface area contributed by atoms with E-state index >= 15 is 0 Å². The molecule has 1 aliphatic rings. The van der Waals surface area contributed by atoms with E-state index in [0.29, 0.717) is 11.6 Å². The van der Waals surface area contributed by atoms with Crippen LogP contribution in [0.4, 0.5) is 5.82 Å². The van der Waals surface area contributed by atoms with Crippen molar-refractivity contribution in [2.45, 2.75) is 38.1 Å². The molecule has 1 aromatic carbocycles. The summed E-state index contributed by atoms with van der Waals surface area (Å²) in [6.07, 6.45) is -1.19. The second-order valence-corrected chi connectivity index (χ2v) is 13.8. The maximum absolute atomic E-state index is 12.2. The zero-order valence-electron chi connectivity index (χ0n) is 20.3. The van der Waals surface area contributed by atoms with Crippen LogP contribution in [0.1, 0.15) is 24.9 Å². The van der Waals surface area contributed by atoms with E-state index in [4.69, 9.17) is 37.5 Å². The van der Waals surface area contributed by atoms with Crippen LogP contribution in [0.3, 0.4) is 0 Å². The summed E-state index contributed by atoms with van der Waals surface area (Å²) in [5, 5.41) is 25.5. The Kier molecular flexibility index (Phi) is 8.96. The minimum atomic E-state index is -4.84. The topological polar surface area (TPSA) is 222 Å². The molecular weight excluding hydrogens is 599 g/mol. The number of anilines is 1. The van der Waals surface area contributed by atoms with E-state index in [2.05, 4.69) is 30.9 Å². The van der Waals surface area contributed by atoms with Gasteiger partial charge in [0.15, 0.2) is 22.9 Å². The average molecular weight is 624 g/mol. The Morgan fingerprint density at radius 1 is 1.21 bits per heavy atom. The Hall–Kier alpha value is -2.19. The molecule has 0 aliphatic heterocycles. The third kappa shape index (κ3) is 7.31. The number of halogens is 2. The number of aliphatic hydroxyl groups excluding tert-OH is 1.